The number of rotatable bonds is 6. The first-order chi connectivity index (χ1) is 7.67. The van der Waals surface area contributed by atoms with Crippen molar-refractivity contribution in [2.75, 3.05) is 13.2 Å². The maximum atomic E-state index is 12.7. The summed E-state index contributed by atoms with van der Waals surface area (Å²) < 4.78 is 59.1. The van der Waals surface area contributed by atoms with Gasteiger partial charge in [0.05, 0.1) is 13.2 Å². The average Bonchev–Trinajstić information content (AvgIpc) is 2.13. The molecule has 0 aliphatic carbocycles. The minimum Gasteiger partial charge on any atom is -0.335 e. The Bertz CT molecular complexity index is 298. The highest BCUT2D eigenvalue weighted by molar-refractivity contribution is 7.54. The van der Waals surface area contributed by atoms with Gasteiger partial charge in [0.1, 0.15) is 0 Å². The number of hydrogen-bond acceptors (Lipinski definition) is 4. The van der Waals surface area contributed by atoms with E-state index in [-0.39, 0.29) is 13.2 Å². The number of carbonyl (C=O) groups excluding carboxylic acids is 1. The average molecular weight is 277 g/mol. The van der Waals surface area contributed by atoms with Crippen LogP contribution >= 0.6 is 7.60 Å². The summed E-state index contributed by atoms with van der Waals surface area (Å²) in [6.07, 6.45) is -4.91. The Kier molecular flexibility index (Phi) is 6.15. The number of halogens is 3. The van der Waals surface area contributed by atoms with Crippen LogP contribution in [0.25, 0.3) is 0 Å². The third-order valence-corrected chi connectivity index (χ3v) is 3.87. The lowest BCUT2D eigenvalue weighted by atomic mass is 10.6. The van der Waals surface area contributed by atoms with E-state index in [0.717, 1.165) is 6.92 Å². The summed E-state index contributed by atoms with van der Waals surface area (Å²) in [5, 5.41) is 1.55. The van der Waals surface area contributed by atoms with Crippen molar-refractivity contribution in [2.45, 2.75) is 32.7 Å². The predicted molar refractivity (Wildman–Crippen MR) is 54.5 cm³/mol. The fraction of sp³-hybridized carbons (Fsp3) is 0.875. The lowest BCUT2D eigenvalue weighted by Crippen LogP contribution is -2.45. The van der Waals surface area contributed by atoms with Gasteiger partial charge in [0, 0.05) is 6.92 Å². The molecule has 1 atom stereocenters. The summed E-state index contributed by atoms with van der Waals surface area (Å²) in [6, 6.07) is 0. The normalized spacial score (nSPS) is 14.5. The van der Waals surface area contributed by atoms with Gasteiger partial charge in [0.15, 0.2) is 0 Å². The van der Waals surface area contributed by atoms with Crippen LogP contribution < -0.4 is 5.32 Å². The SMILES string of the molecule is CCOP(=O)(OCC)C(NC(C)=O)C(F)(F)F. The first kappa shape index (κ1) is 16.4. The molecular weight excluding hydrogens is 262 g/mol. The van der Waals surface area contributed by atoms with Crippen LogP contribution in [0.5, 0.6) is 0 Å². The maximum absolute atomic E-state index is 12.7. The van der Waals surface area contributed by atoms with E-state index < -0.39 is 25.5 Å². The Morgan fingerprint density at radius 2 is 1.71 bits per heavy atom. The van der Waals surface area contributed by atoms with Crippen molar-refractivity contribution in [3.05, 3.63) is 0 Å². The number of carbonyl (C=O) groups is 1. The molecule has 0 fully saturated rings. The molecule has 1 N–H and O–H groups in total. The zero-order valence-electron chi connectivity index (χ0n) is 9.71. The molecule has 1 amide bonds. The molecule has 0 spiro atoms. The molecule has 0 aromatic heterocycles. The second kappa shape index (κ2) is 6.37. The van der Waals surface area contributed by atoms with Gasteiger partial charge in [-0.2, -0.15) is 13.2 Å². The second-order valence-corrected chi connectivity index (χ2v) is 5.13. The van der Waals surface area contributed by atoms with E-state index in [1.54, 1.807) is 5.32 Å². The largest absolute Gasteiger partial charge is 0.420 e. The molecule has 0 rings (SSSR count). The van der Waals surface area contributed by atoms with Gasteiger partial charge in [0.2, 0.25) is 11.7 Å². The van der Waals surface area contributed by atoms with E-state index >= 15 is 0 Å². The van der Waals surface area contributed by atoms with E-state index in [9.17, 15) is 22.5 Å². The van der Waals surface area contributed by atoms with E-state index in [1.807, 2.05) is 0 Å². The molecule has 0 saturated heterocycles. The molecule has 0 bridgehead atoms. The Balaban J connectivity index is 5.21. The van der Waals surface area contributed by atoms with Crippen LogP contribution in [0.4, 0.5) is 13.2 Å². The standard InChI is InChI=1S/C8H15F3NO4P/c1-4-15-17(14,16-5-2)7(8(9,10)11)12-6(3)13/h7H,4-5H2,1-3H3,(H,12,13). The van der Waals surface area contributed by atoms with Crippen molar-refractivity contribution in [1.82, 2.24) is 5.32 Å². The Labute approximate surface area is 97.2 Å². The van der Waals surface area contributed by atoms with Crippen LogP contribution in [0.1, 0.15) is 20.8 Å². The molecule has 17 heavy (non-hydrogen) atoms. The molecular formula is C8H15F3NO4P. The maximum Gasteiger partial charge on any atom is 0.420 e. The van der Waals surface area contributed by atoms with Crippen molar-refractivity contribution in [3.63, 3.8) is 0 Å². The van der Waals surface area contributed by atoms with E-state index in [2.05, 4.69) is 9.05 Å². The summed E-state index contributed by atoms with van der Waals surface area (Å²) in [5.74, 6) is -3.61. The molecule has 0 aromatic carbocycles. The highest BCUT2D eigenvalue weighted by Crippen LogP contribution is 2.56. The fourth-order valence-corrected chi connectivity index (χ4v) is 2.87. The first-order valence-electron chi connectivity index (χ1n) is 4.90. The van der Waals surface area contributed by atoms with Crippen LogP contribution in [-0.4, -0.2) is 31.1 Å². The summed E-state index contributed by atoms with van der Waals surface area (Å²) in [5.41, 5.74) is 0. The van der Waals surface area contributed by atoms with Gasteiger partial charge in [-0.15, -0.1) is 0 Å². The first-order valence-corrected chi connectivity index (χ1v) is 6.51. The third kappa shape index (κ3) is 5.06. The molecule has 0 aliphatic rings. The summed E-state index contributed by atoms with van der Waals surface area (Å²) >= 11 is 0. The Hall–Kier alpha value is -0.590. The zero-order chi connectivity index (χ0) is 13.7. The third-order valence-electron chi connectivity index (χ3n) is 1.58. The minimum absolute atomic E-state index is 0.219. The minimum atomic E-state index is -4.91. The number of amides is 1. The van der Waals surface area contributed by atoms with Crippen molar-refractivity contribution < 1.29 is 31.6 Å². The van der Waals surface area contributed by atoms with E-state index in [4.69, 9.17) is 0 Å². The number of alkyl halides is 3. The Morgan fingerprint density at radius 3 is 1.94 bits per heavy atom. The van der Waals surface area contributed by atoms with Gasteiger partial charge in [0.25, 0.3) is 0 Å². The second-order valence-electron chi connectivity index (χ2n) is 3.02. The van der Waals surface area contributed by atoms with Gasteiger partial charge in [-0.25, -0.2) is 0 Å². The quantitative estimate of drug-likeness (QED) is 0.756. The van der Waals surface area contributed by atoms with Crippen LogP contribution in [-0.2, 0) is 18.4 Å². The zero-order valence-corrected chi connectivity index (χ0v) is 10.6. The van der Waals surface area contributed by atoms with Crippen molar-refractivity contribution in [2.24, 2.45) is 0 Å². The van der Waals surface area contributed by atoms with Gasteiger partial charge >= 0.3 is 13.8 Å². The molecule has 0 heterocycles. The monoisotopic (exact) mass is 277 g/mol. The highest BCUT2D eigenvalue weighted by Gasteiger charge is 2.54. The van der Waals surface area contributed by atoms with Crippen LogP contribution in [0, 0.1) is 0 Å². The molecule has 0 aromatic rings. The summed E-state index contributed by atoms with van der Waals surface area (Å²) in [7, 11) is -4.46. The highest BCUT2D eigenvalue weighted by atomic mass is 31.2. The van der Waals surface area contributed by atoms with Crippen LogP contribution in [0.3, 0.4) is 0 Å². The molecule has 0 saturated carbocycles. The van der Waals surface area contributed by atoms with Crippen LogP contribution in [0.15, 0.2) is 0 Å². The molecule has 0 aliphatic heterocycles. The number of nitrogens with one attached hydrogen (secondary N) is 1. The summed E-state index contributed by atoms with van der Waals surface area (Å²) in [4.78, 5) is 10.7. The number of hydrogen-bond donors (Lipinski definition) is 1. The van der Waals surface area contributed by atoms with Gasteiger partial charge in [-0.05, 0) is 13.8 Å². The van der Waals surface area contributed by atoms with Gasteiger partial charge < -0.3 is 14.4 Å². The van der Waals surface area contributed by atoms with Crippen molar-refractivity contribution >= 4 is 13.5 Å². The lowest BCUT2D eigenvalue weighted by Gasteiger charge is -2.28. The van der Waals surface area contributed by atoms with Gasteiger partial charge in [-0.3, -0.25) is 9.36 Å². The predicted octanol–water partition coefficient (Wildman–Crippen LogP) is 2.28. The molecule has 102 valence electrons. The smallest absolute Gasteiger partial charge is 0.335 e. The van der Waals surface area contributed by atoms with E-state index in [0.29, 0.717) is 0 Å². The van der Waals surface area contributed by atoms with E-state index in [1.165, 1.54) is 13.8 Å². The summed E-state index contributed by atoms with van der Waals surface area (Å²) in [6.45, 7) is 3.22. The lowest BCUT2D eigenvalue weighted by molar-refractivity contribution is -0.149. The van der Waals surface area contributed by atoms with Crippen molar-refractivity contribution in [3.8, 4) is 0 Å². The fourth-order valence-electron chi connectivity index (χ4n) is 1.08. The van der Waals surface area contributed by atoms with Crippen LogP contribution in [0.2, 0.25) is 0 Å². The van der Waals surface area contributed by atoms with Gasteiger partial charge in [-0.1, -0.05) is 0 Å². The van der Waals surface area contributed by atoms with Crippen molar-refractivity contribution in [1.29, 1.82) is 0 Å². The molecule has 0 radical (unpaired) electrons. The molecule has 9 heteroatoms. The Morgan fingerprint density at radius 1 is 1.29 bits per heavy atom. The topological polar surface area (TPSA) is 64.6 Å². The molecule has 5 nitrogen and oxygen atoms in total. The molecule has 1 unspecified atom stereocenters.